The highest BCUT2D eigenvalue weighted by atomic mass is 16.5. The molecule has 1 heterocycles. The van der Waals surface area contributed by atoms with Gasteiger partial charge in [0.1, 0.15) is 0 Å². The molecular weight excluding hydrogens is 272 g/mol. The number of ether oxygens (including phenoxy) is 2. The molecule has 0 aromatic heterocycles. The molecule has 21 heavy (non-hydrogen) atoms. The first-order valence-electron chi connectivity index (χ1n) is 7.63. The number of carbonyl (C=O) groups is 1. The van der Waals surface area contributed by atoms with Crippen LogP contribution in [0.1, 0.15) is 25.7 Å². The van der Waals surface area contributed by atoms with E-state index in [1.807, 2.05) is 0 Å². The zero-order chi connectivity index (χ0) is 15.3. The number of unbranched alkanes of at least 4 members (excludes halogenated alkanes) is 1. The van der Waals surface area contributed by atoms with Crippen LogP contribution in [0.5, 0.6) is 0 Å². The number of hydrogen-bond acceptors (Lipinski definition) is 5. The summed E-state index contributed by atoms with van der Waals surface area (Å²) in [7, 11) is 1.40. The number of hydrogen-bond donors (Lipinski definition) is 2. The number of esters is 1. The van der Waals surface area contributed by atoms with E-state index >= 15 is 0 Å². The van der Waals surface area contributed by atoms with Crippen LogP contribution in [0.4, 0.5) is 0 Å². The van der Waals surface area contributed by atoms with Gasteiger partial charge in [0, 0.05) is 39.1 Å². The maximum atomic E-state index is 10.9. The molecule has 0 spiro atoms. The van der Waals surface area contributed by atoms with E-state index in [-0.39, 0.29) is 5.97 Å². The largest absolute Gasteiger partial charge is 0.469 e. The summed E-state index contributed by atoms with van der Waals surface area (Å²) in [6, 6.07) is 0. The average Bonchev–Trinajstić information content (AvgIpc) is 2.52. The lowest BCUT2D eigenvalue weighted by atomic mass is 10.2. The van der Waals surface area contributed by atoms with Crippen LogP contribution >= 0.6 is 0 Å². The summed E-state index contributed by atoms with van der Waals surface area (Å²) in [6.45, 7) is 6.19. The minimum absolute atomic E-state index is 0.167. The lowest BCUT2D eigenvalue weighted by molar-refractivity contribution is -0.140. The summed E-state index contributed by atoms with van der Waals surface area (Å²) in [5, 5.41) is 3.05. The number of aliphatic imine (C=N–C) groups is 1. The molecule has 1 fully saturated rings. The maximum absolute atomic E-state index is 10.9. The van der Waals surface area contributed by atoms with E-state index in [9.17, 15) is 4.79 Å². The molecule has 1 aliphatic heterocycles. The van der Waals surface area contributed by atoms with E-state index in [0.717, 1.165) is 65.2 Å². The number of rotatable bonds is 9. The van der Waals surface area contributed by atoms with Crippen LogP contribution in [0, 0.1) is 0 Å². The monoisotopic (exact) mass is 300 g/mol. The van der Waals surface area contributed by atoms with Crippen molar-refractivity contribution in [2.24, 2.45) is 10.7 Å². The van der Waals surface area contributed by atoms with Gasteiger partial charge < -0.3 is 20.5 Å². The van der Waals surface area contributed by atoms with Crippen molar-refractivity contribution >= 4 is 11.9 Å². The molecule has 0 saturated carbocycles. The molecule has 3 N–H and O–H groups in total. The molecule has 0 atom stereocenters. The van der Waals surface area contributed by atoms with E-state index in [2.05, 4.69) is 19.9 Å². The van der Waals surface area contributed by atoms with E-state index in [1.165, 1.54) is 7.11 Å². The fourth-order valence-corrected chi connectivity index (χ4v) is 2.09. The number of nitrogens with one attached hydrogen (secondary N) is 1. The fourth-order valence-electron chi connectivity index (χ4n) is 2.09. The predicted molar refractivity (Wildman–Crippen MR) is 82.2 cm³/mol. The summed E-state index contributed by atoms with van der Waals surface area (Å²) in [6.07, 6.45) is 3.13. The molecule has 0 radical (unpaired) electrons. The second kappa shape index (κ2) is 11.3. The smallest absolute Gasteiger partial charge is 0.305 e. The third-order valence-corrected chi connectivity index (χ3v) is 3.36. The van der Waals surface area contributed by atoms with Crippen LogP contribution in [0.3, 0.4) is 0 Å². The molecule has 0 bridgehead atoms. The zero-order valence-corrected chi connectivity index (χ0v) is 13.0. The third-order valence-electron chi connectivity index (χ3n) is 3.36. The molecule has 7 heteroatoms. The van der Waals surface area contributed by atoms with Gasteiger partial charge in [0.05, 0.1) is 20.3 Å². The highest BCUT2D eigenvalue weighted by Crippen LogP contribution is 1.98. The van der Waals surface area contributed by atoms with Crippen LogP contribution in [-0.4, -0.2) is 69.9 Å². The highest BCUT2D eigenvalue weighted by Gasteiger charge is 2.08. The second-order valence-electron chi connectivity index (χ2n) is 5.03. The van der Waals surface area contributed by atoms with E-state index in [1.54, 1.807) is 0 Å². The van der Waals surface area contributed by atoms with Crippen LogP contribution in [-0.2, 0) is 14.3 Å². The Morgan fingerprint density at radius 3 is 2.81 bits per heavy atom. The Morgan fingerprint density at radius 1 is 1.33 bits per heavy atom. The number of morpholine rings is 1. The molecular formula is C14H28N4O3. The van der Waals surface area contributed by atoms with Crippen molar-refractivity contribution in [3.05, 3.63) is 0 Å². The lowest BCUT2D eigenvalue weighted by Crippen LogP contribution is -2.37. The van der Waals surface area contributed by atoms with Gasteiger partial charge in [-0.15, -0.1) is 0 Å². The van der Waals surface area contributed by atoms with Gasteiger partial charge in [0.2, 0.25) is 0 Å². The van der Waals surface area contributed by atoms with E-state index in [4.69, 9.17) is 10.5 Å². The maximum Gasteiger partial charge on any atom is 0.305 e. The Bertz CT molecular complexity index is 317. The Kier molecular flexibility index (Phi) is 9.56. The van der Waals surface area contributed by atoms with Gasteiger partial charge in [-0.1, -0.05) is 0 Å². The first kappa shape index (κ1) is 17.7. The summed E-state index contributed by atoms with van der Waals surface area (Å²) >= 11 is 0. The topological polar surface area (TPSA) is 89.2 Å². The van der Waals surface area contributed by atoms with E-state index in [0.29, 0.717) is 12.4 Å². The molecule has 1 saturated heterocycles. The minimum Gasteiger partial charge on any atom is -0.469 e. The van der Waals surface area contributed by atoms with Crippen LogP contribution in [0.2, 0.25) is 0 Å². The van der Waals surface area contributed by atoms with Crippen LogP contribution < -0.4 is 11.1 Å². The minimum atomic E-state index is -0.167. The van der Waals surface area contributed by atoms with Gasteiger partial charge in [-0.25, -0.2) is 0 Å². The first-order valence-corrected chi connectivity index (χ1v) is 7.63. The number of nitrogens with two attached hydrogens (primary N) is 1. The number of nitrogens with zero attached hydrogens (tertiary/aromatic N) is 2. The normalized spacial score (nSPS) is 16.7. The average molecular weight is 300 g/mol. The Morgan fingerprint density at radius 2 is 2.10 bits per heavy atom. The fraction of sp³-hybridized carbons (Fsp3) is 0.857. The third kappa shape index (κ3) is 9.25. The van der Waals surface area contributed by atoms with Crippen LogP contribution in [0.25, 0.3) is 0 Å². The molecule has 0 aromatic rings. The van der Waals surface area contributed by atoms with Gasteiger partial charge in [0.15, 0.2) is 5.96 Å². The zero-order valence-electron chi connectivity index (χ0n) is 13.0. The van der Waals surface area contributed by atoms with Gasteiger partial charge >= 0.3 is 5.97 Å². The number of methoxy groups -OCH3 is 1. The van der Waals surface area contributed by atoms with Crippen LogP contribution in [0.15, 0.2) is 4.99 Å². The quantitative estimate of drug-likeness (QED) is 0.269. The Balaban J connectivity index is 1.95. The summed E-state index contributed by atoms with van der Waals surface area (Å²) in [4.78, 5) is 17.6. The number of guanidine groups is 1. The standard InChI is InChI=1S/C14H28N4O3/c1-20-13(19)5-2-3-6-16-14(15)17-7-4-8-18-9-11-21-12-10-18/h2-12H2,1H3,(H3,15,16,17). The Hall–Kier alpha value is -1.34. The van der Waals surface area contributed by atoms with Gasteiger partial charge in [-0.3, -0.25) is 14.7 Å². The molecule has 0 aliphatic carbocycles. The van der Waals surface area contributed by atoms with Gasteiger partial charge in [0.25, 0.3) is 0 Å². The van der Waals surface area contributed by atoms with Crippen molar-refractivity contribution in [1.82, 2.24) is 10.2 Å². The summed E-state index contributed by atoms with van der Waals surface area (Å²) in [5.74, 6) is 0.315. The first-order chi connectivity index (χ1) is 10.2. The SMILES string of the molecule is COC(=O)CCCCNC(N)=NCCCN1CCOCC1. The molecule has 7 nitrogen and oxygen atoms in total. The molecule has 1 aliphatic rings. The number of carbonyl (C=O) groups excluding carboxylic acids is 1. The van der Waals surface area contributed by atoms with Crippen molar-refractivity contribution in [3.8, 4) is 0 Å². The van der Waals surface area contributed by atoms with Gasteiger partial charge in [-0.05, 0) is 19.3 Å². The molecule has 0 unspecified atom stereocenters. The molecule has 0 amide bonds. The van der Waals surface area contributed by atoms with Crippen molar-refractivity contribution < 1.29 is 14.3 Å². The van der Waals surface area contributed by atoms with Gasteiger partial charge in [-0.2, -0.15) is 0 Å². The van der Waals surface area contributed by atoms with E-state index < -0.39 is 0 Å². The highest BCUT2D eigenvalue weighted by molar-refractivity contribution is 5.77. The molecule has 1 rings (SSSR count). The van der Waals surface area contributed by atoms with Crippen molar-refractivity contribution in [1.29, 1.82) is 0 Å². The summed E-state index contributed by atoms with van der Waals surface area (Å²) in [5.41, 5.74) is 5.77. The predicted octanol–water partition coefficient (Wildman–Crippen LogP) is -0.0437. The van der Waals surface area contributed by atoms with Crippen molar-refractivity contribution in [3.63, 3.8) is 0 Å². The second-order valence-corrected chi connectivity index (χ2v) is 5.03. The molecule has 122 valence electrons. The van der Waals surface area contributed by atoms with Crippen molar-refractivity contribution in [2.45, 2.75) is 25.7 Å². The lowest BCUT2D eigenvalue weighted by Gasteiger charge is -2.26. The van der Waals surface area contributed by atoms with Crippen molar-refractivity contribution in [2.75, 3.05) is 53.0 Å². The molecule has 0 aromatic carbocycles. The Labute approximate surface area is 126 Å². The summed E-state index contributed by atoms with van der Waals surface area (Å²) < 4.78 is 9.88.